The van der Waals surface area contributed by atoms with Crippen molar-refractivity contribution in [3.8, 4) is 0 Å². The summed E-state index contributed by atoms with van der Waals surface area (Å²) in [6.45, 7) is 8.23. The second kappa shape index (κ2) is 7.25. The van der Waals surface area contributed by atoms with Gasteiger partial charge in [0.2, 0.25) is 0 Å². The topological polar surface area (TPSA) is 43.8 Å². The second-order valence-electron chi connectivity index (χ2n) is 6.10. The number of likely N-dealkylation sites (tertiary alicyclic amines) is 2. The van der Waals surface area contributed by atoms with Crippen molar-refractivity contribution < 1.29 is 9.90 Å². The van der Waals surface area contributed by atoms with Crippen molar-refractivity contribution >= 4 is 5.97 Å². The van der Waals surface area contributed by atoms with Gasteiger partial charge >= 0.3 is 5.97 Å². The van der Waals surface area contributed by atoms with Gasteiger partial charge in [-0.05, 0) is 64.2 Å². The third-order valence-corrected chi connectivity index (χ3v) is 4.84. The molecule has 0 bridgehead atoms. The molecule has 4 heteroatoms. The number of rotatable bonds is 5. The van der Waals surface area contributed by atoms with Gasteiger partial charge in [0, 0.05) is 19.0 Å². The Labute approximate surface area is 116 Å². The number of carbonyl (C=O) groups is 1. The van der Waals surface area contributed by atoms with Crippen LogP contribution in [0.2, 0.25) is 0 Å². The maximum atomic E-state index is 10.7. The van der Waals surface area contributed by atoms with Crippen molar-refractivity contribution in [3.63, 3.8) is 0 Å². The predicted octanol–water partition coefficient (Wildman–Crippen LogP) is 2.05. The zero-order chi connectivity index (χ0) is 13.7. The molecule has 110 valence electrons. The van der Waals surface area contributed by atoms with Crippen LogP contribution in [-0.4, -0.2) is 59.6 Å². The van der Waals surface area contributed by atoms with Gasteiger partial charge in [0.15, 0.2) is 0 Å². The Bertz CT molecular complexity index is 288. The summed E-state index contributed by atoms with van der Waals surface area (Å²) in [5, 5.41) is 8.80. The minimum absolute atomic E-state index is 0.340. The molecule has 19 heavy (non-hydrogen) atoms. The maximum Gasteiger partial charge on any atom is 0.303 e. The highest BCUT2D eigenvalue weighted by Gasteiger charge is 2.28. The minimum atomic E-state index is -0.645. The normalized spacial score (nSPS) is 27.5. The quantitative estimate of drug-likeness (QED) is 0.829. The molecular weight excluding hydrogens is 240 g/mol. The van der Waals surface area contributed by atoms with E-state index in [0.717, 1.165) is 19.0 Å². The van der Waals surface area contributed by atoms with Crippen molar-refractivity contribution in [3.05, 3.63) is 0 Å². The number of hydrogen-bond acceptors (Lipinski definition) is 3. The lowest BCUT2D eigenvalue weighted by molar-refractivity contribution is -0.137. The summed E-state index contributed by atoms with van der Waals surface area (Å²) >= 11 is 0. The third-order valence-electron chi connectivity index (χ3n) is 4.84. The van der Waals surface area contributed by atoms with Gasteiger partial charge < -0.3 is 14.9 Å². The molecule has 0 aromatic heterocycles. The number of carboxylic acids is 1. The first-order valence-electron chi connectivity index (χ1n) is 7.87. The number of piperidine rings is 2. The fraction of sp³-hybridized carbons (Fsp3) is 0.933. The van der Waals surface area contributed by atoms with E-state index in [2.05, 4.69) is 16.7 Å². The van der Waals surface area contributed by atoms with Gasteiger partial charge in [0.1, 0.15) is 0 Å². The second-order valence-corrected chi connectivity index (χ2v) is 6.10. The van der Waals surface area contributed by atoms with E-state index in [0.29, 0.717) is 12.3 Å². The summed E-state index contributed by atoms with van der Waals surface area (Å²) in [5.41, 5.74) is 0. The van der Waals surface area contributed by atoms with E-state index in [1.807, 2.05) is 0 Å². The van der Waals surface area contributed by atoms with Gasteiger partial charge in [0.05, 0.1) is 0 Å². The van der Waals surface area contributed by atoms with Crippen LogP contribution in [-0.2, 0) is 4.79 Å². The molecule has 2 rings (SSSR count). The number of nitrogens with zero attached hydrogens (tertiary/aromatic N) is 2. The standard InChI is InChI=1S/C15H28N2O2/c1-2-16-10-7-14(8-11-16)17-9-3-4-13(12-17)5-6-15(18)19/h13-14H,2-12H2,1H3,(H,18,19). The van der Waals surface area contributed by atoms with Crippen molar-refractivity contribution in [1.29, 1.82) is 0 Å². The van der Waals surface area contributed by atoms with Gasteiger partial charge in [-0.2, -0.15) is 0 Å². The molecule has 0 spiro atoms. The monoisotopic (exact) mass is 268 g/mol. The highest BCUT2D eigenvalue weighted by molar-refractivity contribution is 5.66. The third kappa shape index (κ3) is 4.46. The van der Waals surface area contributed by atoms with E-state index in [9.17, 15) is 4.79 Å². The Morgan fingerprint density at radius 1 is 1.21 bits per heavy atom. The Morgan fingerprint density at radius 2 is 1.95 bits per heavy atom. The maximum absolute atomic E-state index is 10.7. The van der Waals surface area contributed by atoms with Crippen LogP contribution in [0.25, 0.3) is 0 Å². The van der Waals surface area contributed by atoms with Crippen LogP contribution in [0, 0.1) is 5.92 Å². The van der Waals surface area contributed by atoms with E-state index in [1.165, 1.54) is 51.9 Å². The lowest BCUT2D eigenvalue weighted by Crippen LogP contribution is -2.48. The van der Waals surface area contributed by atoms with Gasteiger partial charge in [-0.1, -0.05) is 6.92 Å². The zero-order valence-corrected chi connectivity index (χ0v) is 12.2. The van der Waals surface area contributed by atoms with Crippen molar-refractivity contribution in [2.24, 2.45) is 5.92 Å². The van der Waals surface area contributed by atoms with E-state index >= 15 is 0 Å². The summed E-state index contributed by atoms with van der Waals surface area (Å²) in [5.74, 6) is -0.0394. The summed E-state index contributed by atoms with van der Waals surface area (Å²) < 4.78 is 0. The largest absolute Gasteiger partial charge is 0.481 e. The Morgan fingerprint density at radius 3 is 2.58 bits per heavy atom. The van der Waals surface area contributed by atoms with Gasteiger partial charge in [0.25, 0.3) is 0 Å². The highest BCUT2D eigenvalue weighted by Crippen LogP contribution is 2.26. The van der Waals surface area contributed by atoms with Crippen LogP contribution in [0.4, 0.5) is 0 Å². The molecule has 2 heterocycles. The molecule has 4 nitrogen and oxygen atoms in total. The van der Waals surface area contributed by atoms with E-state index in [-0.39, 0.29) is 0 Å². The molecule has 0 saturated carbocycles. The molecule has 0 aromatic rings. The fourth-order valence-electron chi connectivity index (χ4n) is 3.59. The molecule has 2 aliphatic rings. The number of carboxylic acid groups (broad SMARTS) is 1. The van der Waals surface area contributed by atoms with Gasteiger partial charge in [-0.15, -0.1) is 0 Å². The first-order valence-corrected chi connectivity index (χ1v) is 7.87. The Kier molecular flexibility index (Phi) is 5.64. The first kappa shape index (κ1) is 14.8. The predicted molar refractivity (Wildman–Crippen MR) is 76.3 cm³/mol. The zero-order valence-electron chi connectivity index (χ0n) is 12.2. The van der Waals surface area contributed by atoms with E-state index < -0.39 is 5.97 Å². The average molecular weight is 268 g/mol. The van der Waals surface area contributed by atoms with Crippen LogP contribution in [0.15, 0.2) is 0 Å². The molecule has 1 atom stereocenters. The Balaban J connectivity index is 1.76. The average Bonchev–Trinajstić information content (AvgIpc) is 2.45. The molecule has 1 unspecified atom stereocenters. The minimum Gasteiger partial charge on any atom is -0.481 e. The highest BCUT2D eigenvalue weighted by atomic mass is 16.4. The summed E-state index contributed by atoms with van der Waals surface area (Å²) in [6, 6.07) is 0.746. The van der Waals surface area contributed by atoms with Crippen LogP contribution >= 0.6 is 0 Å². The van der Waals surface area contributed by atoms with Crippen molar-refractivity contribution in [2.75, 3.05) is 32.7 Å². The molecule has 0 amide bonds. The number of hydrogen-bond donors (Lipinski definition) is 1. The van der Waals surface area contributed by atoms with Gasteiger partial charge in [-0.25, -0.2) is 0 Å². The fourth-order valence-corrected chi connectivity index (χ4v) is 3.59. The summed E-state index contributed by atoms with van der Waals surface area (Å²) in [6.07, 6.45) is 6.25. The van der Waals surface area contributed by atoms with Crippen LogP contribution < -0.4 is 0 Å². The molecule has 0 aliphatic carbocycles. The van der Waals surface area contributed by atoms with Crippen molar-refractivity contribution in [1.82, 2.24) is 9.80 Å². The SMILES string of the molecule is CCN1CCC(N2CCCC(CCC(=O)O)C2)CC1. The van der Waals surface area contributed by atoms with Crippen LogP contribution in [0.1, 0.15) is 45.4 Å². The Hall–Kier alpha value is -0.610. The van der Waals surface area contributed by atoms with Crippen molar-refractivity contribution in [2.45, 2.75) is 51.5 Å². The molecule has 1 N–H and O–H groups in total. The van der Waals surface area contributed by atoms with E-state index in [1.54, 1.807) is 0 Å². The molecule has 2 fully saturated rings. The molecule has 0 radical (unpaired) electrons. The molecule has 0 aromatic carbocycles. The lowest BCUT2D eigenvalue weighted by Gasteiger charge is -2.42. The first-order chi connectivity index (χ1) is 9.19. The van der Waals surface area contributed by atoms with E-state index in [4.69, 9.17) is 5.11 Å². The number of aliphatic carboxylic acids is 1. The molecule has 2 saturated heterocycles. The molecule has 2 aliphatic heterocycles. The van der Waals surface area contributed by atoms with Crippen LogP contribution in [0.3, 0.4) is 0 Å². The molecular formula is C15H28N2O2. The smallest absolute Gasteiger partial charge is 0.303 e. The summed E-state index contributed by atoms with van der Waals surface area (Å²) in [4.78, 5) is 15.8. The lowest BCUT2D eigenvalue weighted by atomic mass is 9.91. The van der Waals surface area contributed by atoms with Gasteiger partial charge in [-0.3, -0.25) is 4.79 Å². The summed E-state index contributed by atoms with van der Waals surface area (Å²) in [7, 11) is 0. The van der Waals surface area contributed by atoms with Crippen LogP contribution in [0.5, 0.6) is 0 Å².